The molecule has 6 nitrogen and oxygen atoms in total. The van der Waals surface area contributed by atoms with E-state index in [0.29, 0.717) is 0 Å². The maximum atomic E-state index is 13.8. The topological polar surface area (TPSA) is 93.8 Å². The van der Waals surface area contributed by atoms with Gasteiger partial charge in [0.2, 0.25) is 0 Å². The second-order valence-electron chi connectivity index (χ2n) is 3.75. The first kappa shape index (κ1) is 11.6. The van der Waals surface area contributed by atoms with Crippen LogP contribution in [-0.2, 0) is 0 Å². The fourth-order valence-electron chi connectivity index (χ4n) is 1.79. The number of hydrogen-bond donors (Lipinski definition) is 2. The molecule has 8 heteroatoms. The van der Waals surface area contributed by atoms with Crippen LogP contribution in [0.1, 0.15) is 0 Å². The first-order valence-electron chi connectivity index (χ1n) is 5.24. The molecule has 0 aliphatic heterocycles. The quantitative estimate of drug-likeness (QED) is 0.690. The van der Waals surface area contributed by atoms with Gasteiger partial charge in [-0.2, -0.15) is 0 Å². The van der Waals surface area contributed by atoms with Crippen molar-refractivity contribution in [2.24, 2.45) is 0 Å². The number of aromatic nitrogens is 3. The predicted molar refractivity (Wildman–Crippen MR) is 70.2 cm³/mol. The van der Waals surface area contributed by atoms with Gasteiger partial charge in [0, 0.05) is 0 Å². The lowest BCUT2D eigenvalue weighted by molar-refractivity contribution is 0.616. The van der Waals surface area contributed by atoms with Gasteiger partial charge in [-0.1, -0.05) is 23.5 Å². The Hall–Kier alpha value is -2.48. The van der Waals surface area contributed by atoms with E-state index in [-0.39, 0.29) is 21.2 Å². The van der Waals surface area contributed by atoms with E-state index >= 15 is 0 Å². The highest BCUT2D eigenvalue weighted by molar-refractivity contribution is 7.21. The molecule has 0 amide bonds. The molecule has 0 aliphatic carbocycles. The Morgan fingerprint density at radius 2 is 2.05 bits per heavy atom. The Bertz CT molecular complexity index is 896. The normalized spacial score (nSPS) is 11.0. The van der Waals surface area contributed by atoms with Crippen LogP contribution in [-0.4, -0.2) is 14.5 Å². The molecule has 0 unspecified atom stereocenters. The molecule has 96 valence electrons. The van der Waals surface area contributed by atoms with Crippen LogP contribution in [0, 0.1) is 5.82 Å². The maximum absolute atomic E-state index is 13.8. The van der Waals surface area contributed by atoms with Gasteiger partial charge in [-0.3, -0.25) is 9.78 Å². The van der Waals surface area contributed by atoms with Crippen LogP contribution in [0.5, 0.6) is 0 Å². The van der Waals surface area contributed by atoms with Crippen molar-refractivity contribution in [3.63, 3.8) is 0 Å². The van der Waals surface area contributed by atoms with Crippen LogP contribution in [0.2, 0.25) is 0 Å². The Morgan fingerprint density at radius 1 is 1.32 bits per heavy atom. The van der Waals surface area contributed by atoms with Crippen molar-refractivity contribution >= 4 is 26.8 Å². The van der Waals surface area contributed by atoms with E-state index in [4.69, 9.17) is 5.73 Å². The van der Waals surface area contributed by atoms with Gasteiger partial charge in [0.05, 0.1) is 5.69 Å². The van der Waals surface area contributed by atoms with Gasteiger partial charge < -0.3 is 5.73 Å². The van der Waals surface area contributed by atoms with Crippen LogP contribution in [0.3, 0.4) is 0 Å². The summed E-state index contributed by atoms with van der Waals surface area (Å²) in [4.78, 5) is 29.6. The third-order valence-corrected chi connectivity index (χ3v) is 3.43. The van der Waals surface area contributed by atoms with Crippen molar-refractivity contribution < 1.29 is 4.39 Å². The molecule has 0 radical (unpaired) electrons. The molecule has 0 fully saturated rings. The Morgan fingerprint density at radius 3 is 2.79 bits per heavy atom. The minimum absolute atomic E-state index is 0.0130. The highest BCUT2D eigenvalue weighted by Crippen LogP contribution is 2.21. The van der Waals surface area contributed by atoms with Gasteiger partial charge in [0.15, 0.2) is 10.8 Å². The van der Waals surface area contributed by atoms with Crippen LogP contribution < -0.4 is 17.0 Å². The number of nitrogens with two attached hydrogens (primary N) is 1. The summed E-state index contributed by atoms with van der Waals surface area (Å²) < 4.78 is 15.0. The second-order valence-corrected chi connectivity index (χ2v) is 4.78. The zero-order valence-electron chi connectivity index (χ0n) is 9.38. The average molecular weight is 278 g/mol. The molecule has 0 saturated heterocycles. The number of anilines is 1. The van der Waals surface area contributed by atoms with Gasteiger partial charge in [0.1, 0.15) is 10.5 Å². The van der Waals surface area contributed by atoms with E-state index < -0.39 is 17.1 Å². The molecule has 0 aliphatic rings. The maximum Gasteiger partial charge on any atom is 0.334 e. The Labute approximate surface area is 109 Å². The molecule has 3 N–H and O–H groups in total. The second kappa shape index (κ2) is 4.02. The molecule has 2 aromatic heterocycles. The summed E-state index contributed by atoms with van der Waals surface area (Å²) in [5, 5.41) is 0.135. The number of nitrogen functional groups attached to an aromatic ring is 1. The third-order valence-electron chi connectivity index (χ3n) is 2.56. The Balaban J connectivity index is 2.52. The van der Waals surface area contributed by atoms with Crippen molar-refractivity contribution in [2.75, 3.05) is 5.73 Å². The number of hydrogen-bond acceptors (Lipinski definition) is 5. The van der Waals surface area contributed by atoms with Gasteiger partial charge in [0.25, 0.3) is 5.56 Å². The number of nitrogens with one attached hydrogen (secondary N) is 1. The number of fused-ring (bicyclic) bond motifs is 1. The van der Waals surface area contributed by atoms with E-state index in [1.54, 1.807) is 6.07 Å². The molecule has 2 heterocycles. The Kier molecular flexibility index (Phi) is 2.46. The van der Waals surface area contributed by atoms with Crippen molar-refractivity contribution in [3.05, 3.63) is 50.9 Å². The number of halogens is 1. The molecule has 1 aromatic carbocycles. The van der Waals surface area contributed by atoms with Crippen LogP contribution >= 0.6 is 11.3 Å². The van der Waals surface area contributed by atoms with Crippen molar-refractivity contribution in [2.45, 2.75) is 0 Å². The SMILES string of the molecule is Nc1nc2c(s1)c(=O)[nH]c(=O)n2-c1ccccc1F. The first-order valence-corrected chi connectivity index (χ1v) is 6.06. The van der Waals surface area contributed by atoms with Gasteiger partial charge >= 0.3 is 5.69 Å². The fraction of sp³-hybridized carbons (Fsp3) is 0. The highest BCUT2D eigenvalue weighted by atomic mass is 32.1. The standard InChI is InChI=1S/C11H7FN4O2S/c12-5-3-1-2-4-6(5)16-8-7(19-10(13)14-8)9(17)15-11(16)18/h1-4H,(H2,13,14)(H,15,17,18). The minimum Gasteiger partial charge on any atom is -0.375 e. The summed E-state index contributed by atoms with van der Waals surface area (Å²) in [6.45, 7) is 0. The summed E-state index contributed by atoms with van der Waals surface area (Å²) >= 11 is 0.943. The number of H-pyrrole nitrogens is 1. The number of rotatable bonds is 1. The number of aromatic amines is 1. The third kappa shape index (κ3) is 1.73. The van der Waals surface area contributed by atoms with E-state index in [1.807, 2.05) is 0 Å². The number of thiazole rings is 1. The first-order chi connectivity index (χ1) is 9.08. The van der Waals surface area contributed by atoms with E-state index in [1.165, 1.54) is 18.2 Å². The average Bonchev–Trinajstić information content (AvgIpc) is 2.73. The minimum atomic E-state index is -0.757. The largest absolute Gasteiger partial charge is 0.375 e. The van der Waals surface area contributed by atoms with E-state index in [2.05, 4.69) is 9.97 Å². The molecule has 0 atom stereocenters. The molecule has 19 heavy (non-hydrogen) atoms. The van der Waals surface area contributed by atoms with Crippen molar-refractivity contribution in [1.82, 2.24) is 14.5 Å². The summed E-state index contributed by atoms with van der Waals surface area (Å²) in [5.41, 5.74) is 4.27. The molecular weight excluding hydrogens is 271 g/mol. The summed E-state index contributed by atoms with van der Waals surface area (Å²) in [6, 6.07) is 5.72. The van der Waals surface area contributed by atoms with E-state index in [9.17, 15) is 14.0 Å². The molecule has 3 rings (SSSR count). The molecule has 0 bridgehead atoms. The zero-order valence-corrected chi connectivity index (χ0v) is 10.2. The predicted octanol–water partition coefficient (Wildman–Crippen LogP) is 0.857. The van der Waals surface area contributed by atoms with Crippen molar-refractivity contribution in [1.29, 1.82) is 0 Å². The van der Waals surface area contributed by atoms with Gasteiger partial charge in [-0.15, -0.1) is 0 Å². The smallest absolute Gasteiger partial charge is 0.334 e. The summed E-state index contributed by atoms with van der Waals surface area (Å²) in [7, 11) is 0. The van der Waals surface area contributed by atoms with Crippen LogP contribution in [0.15, 0.2) is 33.9 Å². The van der Waals surface area contributed by atoms with Crippen molar-refractivity contribution in [3.8, 4) is 5.69 Å². The fourth-order valence-corrected chi connectivity index (χ4v) is 2.50. The summed E-state index contributed by atoms with van der Waals surface area (Å²) in [5.74, 6) is -0.593. The van der Waals surface area contributed by atoms with Crippen LogP contribution in [0.4, 0.5) is 9.52 Å². The molecule has 3 aromatic rings. The zero-order chi connectivity index (χ0) is 13.6. The number of benzene rings is 1. The summed E-state index contributed by atoms with van der Waals surface area (Å²) in [6.07, 6.45) is 0. The lowest BCUT2D eigenvalue weighted by Crippen LogP contribution is -2.29. The number of para-hydroxylation sites is 1. The van der Waals surface area contributed by atoms with Gasteiger partial charge in [-0.05, 0) is 12.1 Å². The number of nitrogens with zero attached hydrogens (tertiary/aromatic N) is 2. The molecular formula is C11H7FN4O2S. The molecule has 0 spiro atoms. The molecule has 0 saturated carbocycles. The monoisotopic (exact) mass is 278 g/mol. The van der Waals surface area contributed by atoms with Crippen LogP contribution in [0.25, 0.3) is 16.0 Å². The van der Waals surface area contributed by atoms with Gasteiger partial charge in [-0.25, -0.2) is 18.7 Å². The lowest BCUT2D eigenvalue weighted by Gasteiger charge is -2.06. The lowest BCUT2D eigenvalue weighted by atomic mass is 10.3. The highest BCUT2D eigenvalue weighted by Gasteiger charge is 2.15. The van der Waals surface area contributed by atoms with E-state index in [0.717, 1.165) is 15.9 Å².